The second-order valence-corrected chi connectivity index (χ2v) is 10.1. The molecule has 0 saturated carbocycles. The quantitative estimate of drug-likeness (QED) is 0.405. The van der Waals surface area contributed by atoms with Gasteiger partial charge in [0.05, 0.1) is 0 Å². The van der Waals surface area contributed by atoms with E-state index in [1.54, 1.807) is 0 Å². The lowest BCUT2D eigenvalue weighted by atomic mass is 9.99. The molecule has 0 bridgehead atoms. The fraction of sp³-hybridized carbons (Fsp3) is 0.654. The van der Waals surface area contributed by atoms with Crippen LogP contribution in [0.5, 0.6) is 0 Å². The van der Waals surface area contributed by atoms with Crippen LogP contribution in [0.25, 0.3) is 0 Å². The van der Waals surface area contributed by atoms with Crippen molar-refractivity contribution in [2.24, 2.45) is 17.8 Å². The first-order valence-electron chi connectivity index (χ1n) is 12.1. The van der Waals surface area contributed by atoms with E-state index in [0.717, 1.165) is 12.0 Å². The molecule has 1 aromatic carbocycles. The number of benzene rings is 1. The third kappa shape index (κ3) is 12.3. The molecular formula is C26H43N3O4. The monoisotopic (exact) mass is 461 g/mol. The van der Waals surface area contributed by atoms with E-state index in [-0.39, 0.29) is 36.3 Å². The molecule has 0 aliphatic rings. The molecular weight excluding hydrogens is 418 g/mol. The zero-order chi connectivity index (χ0) is 25.0. The zero-order valence-electron chi connectivity index (χ0n) is 21.3. The third-order valence-electron chi connectivity index (χ3n) is 5.08. The van der Waals surface area contributed by atoms with E-state index in [9.17, 15) is 14.4 Å². The standard InChI is InChI=1S/C26H43N3O4/c1-17(2)13-20(7)27-24(30)22(14-18(3)4)28-25(31)23(15-19(5)6)29-26(32)33-16-21-11-9-8-10-12-21/h8-12,17-20,22-23H,13-16H2,1-7H3,(H,27,30)(H,28,31)(H,29,32)/t20-,22+,23+/m1/s1. The predicted octanol–water partition coefficient (Wildman–Crippen LogP) is 4.41. The van der Waals surface area contributed by atoms with E-state index in [0.29, 0.717) is 18.8 Å². The second kappa shape index (κ2) is 14.6. The van der Waals surface area contributed by atoms with Crippen LogP contribution in [-0.4, -0.2) is 36.0 Å². The van der Waals surface area contributed by atoms with Gasteiger partial charge in [-0.15, -0.1) is 0 Å². The molecule has 0 aliphatic heterocycles. The average molecular weight is 462 g/mol. The van der Waals surface area contributed by atoms with E-state index in [1.165, 1.54) is 0 Å². The number of carbonyl (C=O) groups is 3. The maximum Gasteiger partial charge on any atom is 0.408 e. The highest BCUT2D eigenvalue weighted by Gasteiger charge is 2.29. The van der Waals surface area contributed by atoms with Crippen LogP contribution in [0.3, 0.4) is 0 Å². The summed E-state index contributed by atoms with van der Waals surface area (Å²) in [5.41, 5.74) is 0.863. The molecule has 0 aromatic heterocycles. The van der Waals surface area contributed by atoms with Crippen LogP contribution in [0.15, 0.2) is 30.3 Å². The van der Waals surface area contributed by atoms with Crippen molar-refractivity contribution in [2.45, 2.75) is 92.5 Å². The summed E-state index contributed by atoms with van der Waals surface area (Å²) in [6, 6.07) is 7.91. The van der Waals surface area contributed by atoms with Gasteiger partial charge in [0, 0.05) is 6.04 Å². The number of hydrogen-bond donors (Lipinski definition) is 3. The van der Waals surface area contributed by atoms with Gasteiger partial charge in [-0.25, -0.2) is 4.79 Å². The molecule has 0 saturated heterocycles. The summed E-state index contributed by atoms with van der Waals surface area (Å²) in [6.07, 6.45) is 1.15. The zero-order valence-corrected chi connectivity index (χ0v) is 21.3. The maximum atomic E-state index is 13.1. The summed E-state index contributed by atoms with van der Waals surface area (Å²) in [7, 11) is 0. The Bertz CT molecular complexity index is 734. The van der Waals surface area contributed by atoms with Crippen molar-refractivity contribution in [3.05, 3.63) is 35.9 Å². The van der Waals surface area contributed by atoms with Gasteiger partial charge in [0.2, 0.25) is 11.8 Å². The molecule has 0 aliphatic carbocycles. The Labute approximate surface area is 199 Å². The Balaban J connectivity index is 2.79. The molecule has 7 heteroatoms. The summed E-state index contributed by atoms with van der Waals surface area (Å²) in [5.74, 6) is 0.269. The van der Waals surface area contributed by atoms with Crippen LogP contribution in [0.4, 0.5) is 4.79 Å². The van der Waals surface area contributed by atoms with E-state index in [4.69, 9.17) is 4.74 Å². The molecule has 186 valence electrons. The van der Waals surface area contributed by atoms with Gasteiger partial charge in [0.15, 0.2) is 0 Å². The van der Waals surface area contributed by atoms with Crippen molar-refractivity contribution >= 4 is 17.9 Å². The van der Waals surface area contributed by atoms with Crippen molar-refractivity contribution in [1.29, 1.82) is 0 Å². The minimum atomic E-state index is -0.788. The first-order valence-corrected chi connectivity index (χ1v) is 12.1. The van der Waals surface area contributed by atoms with Crippen LogP contribution in [0, 0.1) is 17.8 Å². The molecule has 7 nitrogen and oxygen atoms in total. The second-order valence-electron chi connectivity index (χ2n) is 10.1. The molecule has 0 fully saturated rings. The average Bonchev–Trinajstić information content (AvgIpc) is 2.70. The number of ether oxygens (including phenoxy) is 1. The fourth-order valence-electron chi connectivity index (χ4n) is 3.69. The summed E-state index contributed by atoms with van der Waals surface area (Å²) in [4.78, 5) is 38.3. The predicted molar refractivity (Wildman–Crippen MR) is 131 cm³/mol. The van der Waals surface area contributed by atoms with E-state index in [2.05, 4.69) is 29.8 Å². The van der Waals surface area contributed by atoms with Crippen LogP contribution in [-0.2, 0) is 20.9 Å². The molecule has 3 atom stereocenters. The normalized spacial score (nSPS) is 14.0. The molecule has 0 radical (unpaired) electrons. The van der Waals surface area contributed by atoms with E-state index >= 15 is 0 Å². The van der Waals surface area contributed by atoms with Crippen LogP contribution < -0.4 is 16.0 Å². The lowest BCUT2D eigenvalue weighted by molar-refractivity contribution is -0.131. The number of hydrogen-bond acceptors (Lipinski definition) is 4. The molecule has 1 aromatic rings. The minimum Gasteiger partial charge on any atom is -0.445 e. The van der Waals surface area contributed by atoms with Gasteiger partial charge in [-0.3, -0.25) is 9.59 Å². The minimum absolute atomic E-state index is 0.0154. The molecule has 3 amide bonds. The SMILES string of the molecule is CC(C)C[C@@H](C)NC(=O)[C@H](CC(C)C)NC(=O)[C@H](CC(C)C)NC(=O)OCc1ccccc1. The van der Waals surface area contributed by atoms with Crippen LogP contribution >= 0.6 is 0 Å². The Morgan fingerprint density at radius 3 is 1.70 bits per heavy atom. The number of carbonyl (C=O) groups excluding carboxylic acids is 3. The summed E-state index contributed by atoms with van der Waals surface area (Å²) < 4.78 is 5.29. The summed E-state index contributed by atoms with van der Waals surface area (Å²) in [5, 5.41) is 8.56. The highest BCUT2D eigenvalue weighted by Crippen LogP contribution is 2.11. The van der Waals surface area contributed by atoms with E-state index < -0.39 is 18.2 Å². The topological polar surface area (TPSA) is 96.5 Å². The molecule has 33 heavy (non-hydrogen) atoms. The van der Waals surface area contributed by atoms with Gasteiger partial charge in [-0.1, -0.05) is 71.9 Å². The molecule has 0 heterocycles. The maximum absolute atomic E-state index is 13.1. The molecule has 3 N–H and O–H groups in total. The van der Waals surface area contributed by atoms with Gasteiger partial charge in [-0.05, 0) is 49.5 Å². The molecule has 0 unspecified atom stereocenters. The van der Waals surface area contributed by atoms with E-state index in [1.807, 2.05) is 65.0 Å². The largest absolute Gasteiger partial charge is 0.445 e. The highest BCUT2D eigenvalue weighted by molar-refractivity contribution is 5.91. The van der Waals surface area contributed by atoms with Gasteiger partial charge in [0.25, 0.3) is 0 Å². The van der Waals surface area contributed by atoms with Crippen molar-refractivity contribution < 1.29 is 19.1 Å². The number of alkyl carbamates (subject to hydrolysis) is 1. The Morgan fingerprint density at radius 2 is 1.18 bits per heavy atom. The Kier molecular flexibility index (Phi) is 12.6. The van der Waals surface area contributed by atoms with Gasteiger partial charge < -0.3 is 20.7 Å². The fourth-order valence-corrected chi connectivity index (χ4v) is 3.69. The number of rotatable bonds is 13. The summed E-state index contributed by atoms with van der Waals surface area (Å²) in [6.45, 7) is 14.3. The first kappa shape index (κ1) is 28.5. The molecule has 0 spiro atoms. The lowest BCUT2D eigenvalue weighted by Crippen LogP contribution is -2.55. The summed E-state index contributed by atoms with van der Waals surface area (Å²) >= 11 is 0. The third-order valence-corrected chi connectivity index (χ3v) is 5.08. The van der Waals surface area contributed by atoms with Crippen LogP contribution in [0.2, 0.25) is 0 Å². The van der Waals surface area contributed by atoms with Crippen molar-refractivity contribution in [3.63, 3.8) is 0 Å². The van der Waals surface area contributed by atoms with Crippen molar-refractivity contribution in [2.75, 3.05) is 0 Å². The smallest absolute Gasteiger partial charge is 0.408 e. The number of amides is 3. The van der Waals surface area contributed by atoms with Gasteiger partial charge in [0.1, 0.15) is 18.7 Å². The molecule has 1 rings (SSSR count). The van der Waals surface area contributed by atoms with Gasteiger partial charge >= 0.3 is 6.09 Å². The van der Waals surface area contributed by atoms with Crippen molar-refractivity contribution in [1.82, 2.24) is 16.0 Å². The highest BCUT2D eigenvalue weighted by atomic mass is 16.5. The van der Waals surface area contributed by atoms with Gasteiger partial charge in [-0.2, -0.15) is 0 Å². The Hall–Kier alpha value is -2.57. The first-order chi connectivity index (χ1) is 15.5. The lowest BCUT2D eigenvalue weighted by Gasteiger charge is -2.26. The van der Waals surface area contributed by atoms with Crippen LogP contribution in [0.1, 0.15) is 73.3 Å². The van der Waals surface area contributed by atoms with Crippen molar-refractivity contribution in [3.8, 4) is 0 Å². The Morgan fingerprint density at radius 1 is 0.697 bits per heavy atom. The number of nitrogens with one attached hydrogen (secondary N) is 3.